The normalized spacial score (nSPS) is 10.8. The molecule has 0 heterocycles. The highest BCUT2D eigenvalue weighted by Gasteiger charge is 2.23. The largest absolute Gasteiger partial charge is 0.381 e. The Kier molecular flexibility index (Phi) is 4.99. The van der Waals surface area contributed by atoms with Gasteiger partial charge in [-0.05, 0) is 32.0 Å². The van der Waals surface area contributed by atoms with E-state index < -0.39 is 17.5 Å². The van der Waals surface area contributed by atoms with E-state index >= 15 is 0 Å². The van der Waals surface area contributed by atoms with Crippen LogP contribution in [0.15, 0.2) is 18.2 Å². The van der Waals surface area contributed by atoms with Crippen molar-refractivity contribution in [1.29, 1.82) is 0 Å². The predicted octanol–water partition coefficient (Wildman–Crippen LogP) is 1.92. The number of aliphatic hydroxyl groups is 1. The number of rotatable bonds is 2. The summed E-state index contributed by atoms with van der Waals surface area (Å²) in [6.45, 7) is 2.58. The zero-order valence-corrected chi connectivity index (χ0v) is 11.8. The Morgan fingerprint density at radius 2 is 1.84 bits per heavy atom. The second-order valence-electron chi connectivity index (χ2n) is 4.22. The van der Waals surface area contributed by atoms with Crippen LogP contribution >= 0.6 is 23.2 Å². The summed E-state index contributed by atoms with van der Waals surface area (Å²) in [6, 6.07) is 3.83. The van der Waals surface area contributed by atoms with Gasteiger partial charge in [0.1, 0.15) is 5.60 Å². The van der Waals surface area contributed by atoms with Gasteiger partial charge in [0.2, 0.25) is 0 Å². The van der Waals surface area contributed by atoms with E-state index in [4.69, 9.17) is 23.2 Å². The number of hydrazine groups is 1. The van der Waals surface area contributed by atoms with Crippen molar-refractivity contribution < 1.29 is 14.7 Å². The van der Waals surface area contributed by atoms with Gasteiger partial charge in [-0.25, -0.2) is 10.2 Å². The molecule has 3 amide bonds. The molecule has 0 saturated carbocycles. The first-order chi connectivity index (χ1) is 8.70. The Balaban J connectivity index is 2.54. The summed E-state index contributed by atoms with van der Waals surface area (Å²) in [5.41, 5.74) is 2.87. The second kappa shape index (κ2) is 6.10. The smallest absolute Gasteiger partial charge is 0.337 e. The maximum absolute atomic E-state index is 11.5. The van der Waals surface area contributed by atoms with Crippen molar-refractivity contribution in [2.24, 2.45) is 0 Å². The molecule has 0 radical (unpaired) electrons. The highest BCUT2D eigenvalue weighted by atomic mass is 35.5. The molecule has 1 rings (SSSR count). The first-order valence-corrected chi connectivity index (χ1v) is 6.00. The first-order valence-electron chi connectivity index (χ1n) is 5.25. The number of hydrogen-bond acceptors (Lipinski definition) is 3. The van der Waals surface area contributed by atoms with Crippen LogP contribution in [-0.2, 0) is 4.79 Å². The molecule has 8 heteroatoms. The minimum absolute atomic E-state index is 0.261. The van der Waals surface area contributed by atoms with Gasteiger partial charge in [0.15, 0.2) is 0 Å². The summed E-state index contributed by atoms with van der Waals surface area (Å²) in [5, 5.41) is 12.4. The van der Waals surface area contributed by atoms with Crippen molar-refractivity contribution in [2.75, 3.05) is 5.32 Å². The van der Waals surface area contributed by atoms with Gasteiger partial charge in [-0.3, -0.25) is 10.2 Å². The molecule has 19 heavy (non-hydrogen) atoms. The van der Waals surface area contributed by atoms with Crippen LogP contribution in [-0.4, -0.2) is 22.6 Å². The minimum atomic E-state index is -1.59. The van der Waals surface area contributed by atoms with Gasteiger partial charge in [-0.2, -0.15) is 0 Å². The van der Waals surface area contributed by atoms with Crippen LogP contribution in [0.4, 0.5) is 10.5 Å². The number of carbonyl (C=O) groups is 2. The van der Waals surface area contributed by atoms with E-state index in [1.165, 1.54) is 26.0 Å². The van der Waals surface area contributed by atoms with E-state index in [1.54, 1.807) is 6.07 Å². The molecule has 0 spiro atoms. The Morgan fingerprint density at radius 1 is 1.21 bits per heavy atom. The molecule has 0 saturated heterocycles. The number of urea groups is 1. The van der Waals surface area contributed by atoms with Gasteiger partial charge in [0, 0.05) is 5.02 Å². The molecule has 4 N–H and O–H groups in total. The number of hydrogen-bond donors (Lipinski definition) is 4. The summed E-state index contributed by atoms with van der Waals surface area (Å²) in [6.07, 6.45) is 0. The third-order valence-electron chi connectivity index (χ3n) is 2.02. The first kappa shape index (κ1) is 15.6. The van der Waals surface area contributed by atoms with E-state index in [0.717, 1.165) is 0 Å². The topological polar surface area (TPSA) is 90.5 Å². The van der Waals surface area contributed by atoms with Crippen LogP contribution in [0.2, 0.25) is 10.0 Å². The monoisotopic (exact) mass is 305 g/mol. The van der Waals surface area contributed by atoms with Crippen LogP contribution in [0.25, 0.3) is 0 Å². The average Bonchev–Trinajstić information content (AvgIpc) is 2.28. The molecule has 0 aromatic heterocycles. The number of carbonyl (C=O) groups excluding carboxylic acids is 2. The lowest BCUT2D eigenvalue weighted by Crippen LogP contribution is -2.51. The lowest BCUT2D eigenvalue weighted by molar-refractivity contribution is -0.137. The van der Waals surface area contributed by atoms with Crippen LogP contribution in [0.3, 0.4) is 0 Å². The number of anilines is 1. The molecule has 0 fully saturated rings. The van der Waals surface area contributed by atoms with Crippen molar-refractivity contribution in [3.05, 3.63) is 28.2 Å². The molecule has 0 unspecified atom stereocenters. The summed E-state index contributed by atoms with van der Waals surface area (Å²) < 4.78 is 0. The molecule has 0 aliphatic carbocycles. The molecule has 0 bridgehead atoms. The molecule has 0 aliphatic rings. The summed E-state index contributed by atoms with van der Waals surface area (Å²) in [4.78, 5) is 22.8. The molecular weight excluding hydrogens is 293 g/mol. The molecule has 104 valence electrons. The van der Waals surface area contributed by atoms with E-state index in [1.807, 2.05) is 0 Å². The van der Waals surface area contributed by atoms with Crippen molar-refractivity contribution in [3.63, 3.8) is 0 Å². The fourth-order valence-corrected chi connectivity index (χ4v) is 1.47. The van der Waals surface area contributed by atoms with Gasteiger partial charge in [0.25, 0.3) is 5.91 Å². The maximum atomic E-state index is 11.5. The van der Waals surface area contributed by atoms with Crippen molar-refractivity contribution in [2.45, 2.75) is 19.4 Å². The summed E-state index contributed by atoms with van der Waals surface area (Å²) in [5.74, 6) is -0.746. The van der Waals surface area contributed by atoms with Crippen molar-refractivity contribution in [1.82, 2.24) is 10.9 Å². The zero-order chi connectivity index (χ0) is 14.6. The Labute approximate surface area is 120 Å². The maximum Gasteiger partial charge on any atom is 0.337 e. The molecule has 1 aromatic carbocycles. The lowest BCUT2D eigenvalue weighted by atomic mass is 10.1. The number of halogens is 2. The Bertz CT molecular complexity index is 500. The number of nitrogens with one attached hydrogen (secondary N) is 3. The summed E-state index contributed by atoms with van der Waals surface area (Å²) >= 11 is 11.6. The highest BCUT2D eigenvalue weighted by Crippen LogP contribution is 2.25. The minimum Gasteiger partial charge on any atom is -0.381 e. The zero-order valence-electron chi connectivity index (χ0n) is 10.3. The standard InChI is InChI=1S/C11H13Cl2N3O3/c1-11(2,19)9(17)15-16-10(18)14-8-4-3-6(12)5-7(8)13/h3-5,19H,1-2H3,(H,15,17)(H2,14,16,18). The molecule has 0 atom stereocenters. The van der Waals surface area contributed by atoms with Crippen LogP contribution in [0, 0.1) is 0 Å². The number of amides is 3. The fourth-order valence-electron chi connectivity index (χ4n) is 1.01. The highest BCUT2D eigenvalue weighted by molar-refractivity contribution is 6.36. The Morgan fingerprint density at radius 3 is 2.37 bits per heavy atom. The third kappa shape index (κ3) is 4.94. The molecular formula is C11H13Cl2N3O3. The quantitative estimate of drug-likeness (QED) is 0.629. The predicted molar refractivity (Wildman–Crippen MR) is 73.1 cm³/mol. The number of benzene rings is 1. The van der Waals surface area contributed by atoms with E-state index in [2.05, 4.69) is 16.2 Å². The van der Waals surface area contributed by atoms with Gasteiger partial charge in [0.05, 0.1) is 10.7 Å². The van der Waals surface area contributed by atoms with E-state index in [9.17, 15) is 14.7 Å². The Hall–Kier alpha value is -1.50. The van der Waals surface area contributed by atoms with Gasteiger partial charge >= 0.3 is 6.03 Å². The van der Waals surface area contributed by atoms with Crippen LogP contribution < -0.4 is 16.2 Å². The molecule has 6 nitrogen and oxygen atoms in total. The third-order valence-corrected chi connectivity index (χ3v) is 2.57. The van der Waals surface area contributed by atoms with E-state index in [0.29, 0.717) is 10.7 Å². The van der Waals surface area contributed by atoms with Gasteiger partial charge in [-0.1, -0.05) is 23.2 Å². The van der Waals surface area contributed by atoms with E-state index in [-0.39, 0.29) is 5.02 Å². The fraction of sp³-hybridized carbons (Fsp3) is 0.273. The van der Waals surface area contributed by atoms with Crippen molar-refractivity contribution >= 4 is 40.8 Å². The van der Waals surface area contributed by atoms with Crippen molar-refractivity contribution in [3.8, 4) is 0 Å². The second-order valence-corrected chi connectivity index (χ2v) is 5.06. The molecule has 0 aliphatic heterocycles. The lowest BCUT2D eigenvalue weighted by Gasteiger charge is -2.17. The SMILES string of the molecule is CC(C)(O)C(=O)NNC(=O)Nc1ccc(Cl)cc1Cl. The van der Waals surface area contributed by atoms with Gasteiger partial charge in [-0.15, -0.1) is 0 Å². The van der Waals surface area contributed by atoms with Gasteiger partial charge < -0.3 is 10.4 Å². The van der Waals surface area contributed by atoms with Crippen LogP contribution in [0.1, 0.15) is 13.8 Å². The molecule has 1 aromatic rings. The van der Waals surface area contributed by atoms with Crippen LogP contribution in [0.5, 0.6) is 0 Å². The summed E-state index contributed by atoms with van der Waals surface area (Å²) in [7, 11) is 0. The average molecular weight is 306 g/mol.